The van der Waals surface area contributed by atoms with E-state index >= 15 is 0 Å². The van der Waals surface area contributed by atoms with Crippen LogP contribution in [0.25, 0.3) is 0 Å². The van der Waals surface area contributed by atoms with Gasteiger partial charge in [0.2, 0.25) is 0 Å². The van der Waals surface area contributed by atoms with Crippen molar-refractivity contribution in [1.82, 2.24) is 4.90 Å². The third kappa shape index (κ3) is 3.82. The SMILES string of the molecule is Clc1ccccc1CN=C1C2CCN(CC2)C1C(c1ccccc1)c1ccccc1. The van der Waals surface area contributed by atoms with Gasteiger partial charge in [-0.2, -0.15) is 0 Å². The van der Waals surface area contributed by atoms with E-state index in [1.807, 2.05) is 18.2 Å². The Hall–Kier alpha value is -2.42. The molecule has 0 aliphatic carbocycles. The number of benzene rings is 3. The minimum absolute atomic E-state index is 0.292. The lowest BCUT2D eigenvalue weighted by molar-refractivity contribution is 0.135. The predicted molar refractivity (Wildman–Crippen MR) is 125 cm³/mol. The topological polar surface area (TPSA) is 15.6 Å². The van der Waals surface area contributed by atoms with E-state index in [9.17, 15) is 0 Å². The fourth-order valence-corrected chi connectivity index (χ4v) is 5.38. The lowest BCUT2D eigenvalue weighted by atomic mass is 9.72. The van der Waals surface area contributed by atoms with E-state index in [1.165, 1.54) is 29.7 Å². The second kappa shape index (κ2) is 8.75. The third-order valence-electron chi connectivity index (χ3n) is 6.67. The lowest BCUT2D eigenvalue weighted by Gasteiger charge is -2.49. The first-order chi connectivity index (χ1) is 14.8. The Bertz CT molecular complexity index is 968. The molecule has 0 radical (unpaired) electrons. The van der Waals surface area contributed by atoms with E-state index in [2.05, 4.69) is 71.6 Å². The molecule has 152 valence electrons. The van der Waals surface area contributed by atoms with Gasteiger partial charge in [0, 0.05) is 22.6 Å². The number of piperidine rings is 3. The van der Waals surface area contributed by atoms with Gasteiger partial charge in [0.1, 0.15) is 0 Å². The Morgan fingerprint density at radius 3 is 1.97 bits per heavy atom. The molecule has 1 unspecified atom stereocenters. The summed E-state index contributed by atoms with van der Waals surface area (Å²) in [5.74, 6) is 0.873. The normalized spacial score (nSPS) is 24.5. The van der Waals surface area contributed by atoms with Crippen LogP contribution in [-0.2, 0) is 6.54 Å². The first kappa shape index (κ1) is 19.5. The fraction of sp³-hybridized carbons (Fsp3) is 0.296. The molecule has 0 saturated carbocycles. The third-order valence-corrected chi connectivity index (χ3v) is 7.04. The molecule has 2 nitrogen and oxygen atoms in total. The highest BCUT2D eigenvalue weighted by molar-refractivity contribution is 6.31. The lowest BCUT2D eigenvalue weighted by Crippen LogP contribution is -2.58. The highest BCUT2D eigenvalue weighted by atomic mass is 35.5. The number of hydrogen-bond donors (Lipinski definition) is 0. The molecule has 3 heteroatoms. The van der Waals surface area contributed by atoms with E-state index < -0.39 is 0 Å². The van der Waals surface area contributed by atoms with Gasteiger partial charge in [0.15, 0.2) is 0 Å². The van der Waals surface area contributed by atoms with Crippen LogP contribution in [0.15, 0.2) is 89.9 Å². The first-order valence-corrected chi connectivity index (χ1v) is 11.3. The Morgan fingerprint density at radius 1 is 0.800 bits per heavy atom. The molecule has 0 N–H and O–H groups in total. The zero-order valence-electron chi connectivity index (χ0n) is 17.1. The number of fused-ring (bicyclic) bond motifs is 3. The molecular weight excluding hydrogens is 388 g/mol. The van der Waals surface area contributed by atoms with Gasteiger partial charge in [0.25, 0.3) is 0 Å². The van der Waals surface area contributed by atoms with E-state index in [1.54, 1.807) is 0 Å². The average molecular weight is 415 g/mol. The number of aliphatic imine (C=N–C) groups is 1. The average Bonchev–Trinajstić information content (AvgIpc) is 2.81. The number of nitrogens with zero attached hydrogens (tertiary/aromatic N) is 2. The van der Waals surface area contributed by atoms with Crippen molar-refractivity contribution in [2.45, 2.75) is 31.3 Å². The highest BCUT2D eigenvalue weighted by Crippen LogP contribution is 2.40. The zero-order chi connectivity index (χ0) is 20.3. The quantitative estimate of drug-likeness (QED) is 0.484. The van der Waals surface area contributed by atoms with Gasteiger partial charge in [-0.1, -0.05) is 90.5 Å². The van der Waals surface area contributed by atoms with Crippen molar-refractivity contribution in [3.63, 3.8) is 0 Å². The zero-order valence-corrected chi connectivity index (χ0v) is 17.9. The van der Waals surface area contributed by atoms with Gasteiger partial charge >= 0.3 is 0 Å². The van der Waals surface area contributed by atoms with Crippen molar-refractivity contribution >= 4 is 17.3 Å². The molecule has 0 aromatic heterocycles. The molecule has 2 bridgehead atoms. The largest absolute Gasteiger partial charge is 0.294 e. The second-order valence-electron chi connectivity index (χ2n) is 8.39. The summed E-state index contributed by atoms with van der Waals surface area (Å²) in [6.07, 6.45) is 2.43. The van der Waals surface area contributed by atoms with Crippen molar-refractivity contribution in [2.75, 3.05) is 13.1 Å². The summed E-state index contributed by atoms with van der Waals surface area (Å²) in [7, 11) is 0. The van der Waals surface area contributed by atoms with E-state index in [4.69, 9.17) is 16.6 Å². The van der Waals surface area contributed by atoms with Crippen molar-refractivity contribution in [3.05, 3.63) is 107 Å². The van der Waals surface area contributed by atoms with Crippen LogP contribution < -0.4 is 0 Å². The van der Waals surface area contributed by atoms with Crippen LogP contribution in [0.4, 0.5) is 0 Å². The Kier molecular flexibility index (Phi) is 5.70. The second-order valence-corrected chi connectivity index (χ2v) is 8.79. The molecule has 3 saturated heterocycles. The molecule has 0 amide bonds. The number of rotatable bonds is 5. The molecule has 3 fully saturated rings. The van der Waals surface area contributed by atoms with Crippen molar-refractivity contribution < 1.29 is 0 Å². The van der Waals surface area contributed by atoms with Crippen molar-refractivity contribution in [1.29, 1.82) is 0 Å². The summed E-state index contributed by atoms with van der Waals surface area (Å²) in [5, 5.41) is 0.808. The molecule has 3 aliphatic rings. The van der Waals surface area contributed by atoms with Gasteiger partial charge in [-0.3, -0.25) is 9.89 Å². The van der Waals surface area contributed by atoms with Crippen LogP contribution in [0.2, 0.25) is 5.02 Å². The van der Waals surface area contributed by atoms with Gasteiger partial charge in [-0.25, -0.2) is 0 Å². The molecule has 1 atom stereocenters. The first-order valence-electron chi connectivity index (χ1n) is 10.9. The standard InChI is InChI=1S/C27H27ClN2/c28-24-14-8-7-13-23(24)19-29-26-22-15-17-30(18-16-22)27(26)25(20-9-3-1-4-10-20)21-11-5-2-6-12-21/h1-14,22,25,27H,15-19H2. The number of halogens is 1. The summed E-state index contributed by atoms with van der Waals surface area (Å²) >= 11 is 6.43. The van der Waals surface area contributed by atoms with Crippen LogP contribution in [0, 0.1) is 5.92 Å². The molecule has 3 heterocycles. The van der Waals surface area contributed by atoms with Crippen molar-refractivity contribution in [2.24, 2.45) is 10.9 Å². The van der Waals surface area contributed by atoms with Gasteiger partial charge in [0.05, 0.1) is 12.6 Å². The summed E-state index contributed by atoms with van der Waals surface area (Å²) < 4.78 is 0. The minimum Gasteiger partial charge on any atom is -0.294 e. The van der Waals surface area contributed by atoms with Gasteiger partial charge < -0.3 is 0 Å². The maximum atomic E-state index is 6.43. The molecular formula is C27H27ClN2. The van der Waals surface area contributed by atoms with Crippen molar-refractivity contribution in [3.8, 4) is 0 Å². The molecule has 3 aromatic rings. The van der Waals surface area contributed by atoms with Crippen LogP contribution in [-0.4, -0.2) is 29.7 Å². The summed E-state index contributed by atoms with van der Waals surface area (Å²) in [6, 6.07) is 30.3. The van der Waals surface area contributed by atoms with E-state index in [-0.39, 0.29) is 0 Å². The van der Waals surface area contributed by atoms with Gasteiger partial charge in [-0.05, 0) is 48.7 Å². The van der Waals surface area contributed by atoms with Crippen LogP contribution in [0.1, 0.15) is 35.4 Å². The maximum absolute atomic E-state index is 6.43. The highest BCUT2D eigenvalue weighted by Gasteiger charge is 2.43. The molecule has 3 aromatic carbocycles. The Balaban J connectivity index is 1.57. The van der Waals surface area contributed by atoms with E-state index in [0.29, 0.717) is 24.4 Å². The predicted octanol–water partition coefficient (Wildman–Crippen LogP) is 6.21. The Labute approximate surface area is 184 Å². The molecule has 6 rings (SSSR count). The van der Waals surface area contributed by atoms with E-state index in [0.717, 1.165) is 23.7 Å². The minimum atomic E-state index is 0.292. The summed E-state index contributed by atoms with van der Waals surface area (Å²) in [6.45, 7) is 2.99. The maximum Gasteiger partial charge on any atom is 0.0654 e. The van der Waals surface area contributed by atoms with Crippen LogP contribution in [0.3, 0.4) is 0 Å². The molecule has 30 heavy (non-hydrogen) atoms. The Morgan fingerprint density at radius 2 is 1.37 bits per heavy atom. The molecule has 0 spiro atoms. The van der Waals surface area contributed by atoms with Crippen LogP contribution >= 0.6 is 11.6 Å². The number of hydrogen-bond acceptors (Lipinski definition) is 2. The monoisotopic (exact) mass is 414 g/mol. The fourth-order valence-electron chi connectivity index (χ4n) is 5.19. The smallest absolute Gasteiger partial charge is 0.0654 e. The van der Waals surface area contributed by atoms with Crippen LogP contribution in [0.5, 0.6) is 0 Å². The molecule has 3 aliphatic heterocycles. The summed E-state index contributed by atoms with van der Waals surface area (Å²) in [4.78, 5) is 7.90. The van der Waals surface area contributed by atoms with Gasteiger partial charge in [-0.15, -0.1) is 0 Å². The summed E-state index contributed by atoms with van der Waals surface area (Å²) in [5.41, 5.74) is 5.21.